The average molecular weight is 410 g/mol. The lowest BCUT2D eigenvalue weighted by Gasteiger charge is -2.13. The number of carboxylic acid groups (broad SMARTS) is 1. The molecule has 0 aliphatic heterocycles. The smallest absolute Gasteiger partial charge is 0.307 e. The van der Waals surface area contributed by atoms with E-state index in [0.29, 0.717) is 41.3 Å². The van der Waals surface area contributed by atoms with Gasteiger partial charge in [0, 0.05) is 11.1 Å². The van der Waals surface area contributed by atoms with Crippen molar-refractivity contribution in [3.8, 4) is 34.0 Å². The fourth-order valence-electron chi connectivity index (χ4n) is 3.33. The van der Waals surface area contributed by atoms with Crippen LogP contribution in [0.1, 0.15) is 18.9 Å². The van der Waals surface area contributed by atoms with Gasteiger partial charge in [-0.3, -0.25) is 9.48 Å². The number of aliphatic hydroxyl groups excluding tert-OH is 1. The van der Waals surface area contributed by atoms with E-state index in [4.69, 9.17) is 19.7 Å². The van der Waals surface area contributed by atoms with Crippen LogP contribution in [0.4, 0.5) is 0 Å². The molecule has 0 radical (unpaired) electrons. The van der Waals surface area contributed by atoms with Crippen LogP contribution in [0.15, 0.2) is 48.5 Å². The van der Waals surface area contributed by atoms with Gasteiger partial charge in [-0.2, -0.15) is 5.10 Å². The Balaban J connectivity index is 2.16. The van der Waals surface area contributed by atoms with Crippen LogP contribution < -0.4 is 9.47 Å². The third kappa shape index (κ3) is 4.63. The van der Waals surface area contributed by atoms with Gasteiger partial charge in [0.2, 0.25) is 0 Å². The van der Waals surface area contributed by atoms with Crippen LogP contribution in [0.25, 0.3) is 22.5 Å². The van der Waals surface area contributed by atoms with Crippen LogP contribution in [0.5, 0.6) is 11.5 Å². The molecule has 1 heterocycles. The largest absolute Gasteiger partial charge is 0.496 e. The summed E-state index contributed by atoms with van der Waals surface area (Å²) in [6.07, 6.45) is -0.0460. The average Bonchev–Trinajstić information content (AvgIpc) is 3.16. The molecule has 3 rings (SSSR count). The molecule has 0 aliphatic carbocycles. The lowest BCUT2D eigenvalue weighted by atomic mass is 10.0. The molecule has 158 valence electrons. The summed E-state index contributed by atoms with van der Waals surface area (Å²) in [6.45, 7) is 2.23. The molecule has 2 N–H and O–H groups in total. The van der Waals surface area contributed by atoms with Crippen molar-refractivity contribution >= 4 is 5.97 Å². The molecule has 0 bridgehead atoms. The van der Waals surface area contributed by atoms with Gasteiger partial charge < -0.3 is 19.7 Å². The van der Waals surface area contributed by atoms with E-state index in [1.54, 1.807) is 37.1 Å². The number of para-hydroxylation sites is 1. The number of aliphatic carboxylic acids is 1. The maximum absolute atomic E-state index is 11.1. The van der Waals surface area contributed by atoms with E-state index >= 15 is 0 Å². The molecule has 3 aromatic rings. The molecule has 0 spiro atoms. The zero-order valence-corrected chi connectivity index (χ0v) is 17.3. The number of ether oxygens (including phenoxy) is 2. The van der Waals surface area contributed by atoms with Crippen LogP contribution in [-0.4, -0.2) is 46.3 Å². The number of carbonyl (C=O) groups is 1. The van der Waals surface area contributed by atoms with Crippen molar-refractivity contribution in [1.82, 2.24) is 9.78 Å². The number of hydrogen-bond donors (Lipinski definition) is 2. The Hall–Kier alpha value is -3.32. The summed E-state index contributed by atoms with van der Waals surface area (Å²) in [4.78, 5) is 11.1. The molecule has 30 heavy (non-hydrogen) atoms. The molecule has 2 aromatic carbocycles. The summed E-state index contributed by atoms with van der Waals surface area (Å²) in [6, 6.07) is 14.8. The molecule has 7 heteroatoms. The summed E-state index contributed by atoms with van der Waals surface area (Å²) in [5, 5.41) is 24.1. The molecule has 0 amide bonds. The molecule has 0 saturated carbocycles. The van der Waals surface area contributed by atoms with Gasteiger partial charge in [0.05, 0.1) is 44.7 Å². The number of nitrogens with zero attached hydrogens (tertiary/aromatic N) is 2. The SMILES string of the molecule is CC[C@@H](O)Cn1nc(-c2cc(CC(=O)O)ccc2OC)cc1-c1ccccc1OC. The predicted molar refractivity (Wildman–Crippen MR) is 114 cm³/mol. The first-order valence-electron chi connectivity index (χ1n) is 9.75. The van der Waals surface area contributed by atoms with Crippen molar-refractivity contribution < 1.29 is 24.5 Å². The molecular formula is C23H26N2O5. The second-order valence-electron chi connectivity index (χ2n) is 6.96. The van der Waals surface area contributed by atoms with E-state index in [9.17, 15) is 9.90 Å². The number of aromatic nitrogens is 2. The summed E-state index contributed by atoms with van der Waals surface area (Å²) in [7, 11) is 3.18. The van der Waals surface area contributed by atoms with Crippen molar-refractivity contribution in [2.24, 2.45) is 0 Å². The van der Waals surface area contributed by atoms with E-state index in [-0.39, 0.29) is 6.42 Å². The summed E-state index contributed by atoms with van der Waals surface area (Å²) < 4.78 is 12.8. The second kappa shape index (κ2) is 9.45. The van der Waals surface area contributed by atoms with Gasteiger partial charge in [-0.15, -0.1) is 0 Å². The minimum absolute atomic E-state index is 0.0916. The summed E-state index contributed by atoms with van der Waals surface area (Å²) in [5.41, 5.74) is 3.61. The maximum atomic E-state index is 11.1. The van der Waals surface area contributed by atoms with Crippen LogP contribution in [-0.2, 0) is 17.8 Å². The molecule has 0 unspecified atom stereocenters. The van der Waals surface area contributed by atoms with Gasteiger partial charge >= 0.3 is 5.97 Å². The number of rotatable bonds is 9. The maximum Gasteiger partial charge on any atom is 0.307 e. The van der Waals surface area contributed by atoms with Gasteiger partial charge in [0.15, 0.2) is 0 Å². The Morgan fingerprint density at radius 1 is 1.07 bits per heavy atom. The first kappa shape index (κ1) is 21.4. The quantitative estimate of drug-likeness (QED) is 0.559. The lowest BCUT2D eigenvalue weighted by molar-refractivity contribution is -0.136. The Morgan fingerprint density at radius 3 is 2.43 bits per heavy atom. The fraction of sp³-hybridized carbons (Fsp3) is 0.304. The number of benzene rings is 2. The highest BCUT2D eigenvalue weighted by atomic mass is 16.5. The van der Waals surface area contributed by atoms with Crippen molar-refractivity contribution in [3.05, 3.63) is 54.1 Å². The van der Waals surface area contributed by atoms with Crippen LogP contribution in [0, 0.1) is 0 Å². The predicted octanol–water partition coefficient (Wildman–Crippen LogP) is 3.63. The highest BCUT2D eigenvalue weighted by molar-refractivity contribution is 5.77. The highest BCUT2D eigenvalue weighted by Gasteiger charge is 2.19. The monoisotopic (exact) mass is 410 g/mol. The standard InChI is InChI=1S/C23H26N2O5/c1-4-16(26)14-25-20(17-7-5-6-8-21(17)29-2)13-19(24-25)18-11-15(12-23(27)28)9-10-22(18)30-3/h5-11,13,16,26H,4,12,14H2,1-3H3,(H,27,28)/t16-/m1/s1. The van der Waals surface area contributed by atoms with Gasteiger partial charge in [-0.25, -0.2) is 0 Å². The first-order valence-corrected chi connectivity index (χ1v) is 9.75. The molecule has 7 nitrogen and oxygen atoms in total. The molecule has 1 aromatic heterocycles. The van der Waals surface area contributed by atoms with Gasteiger partial charge in [-0.1, -0.05) is 25.1 Å². The minimum atomic E-state index is -0.905. The fourth-order valence-corrected chi connectivity index (χ4v) is 3.33. The Bertz CT molecular complexity index is 1030. The second-order valence-corrected chi connectivity index (χ2v) is 6.96. The molecule has 0 fully saturated rings. The first-order chi connectivity index (χ1) is 14.5. The van der Waals surface area contributed by atoms with Gasteiger partial charge in [0.25, 0.3) is 0 Å². The lowest BCUT2D eigenvalue weighted by Crippen LogP contribution is -2.16. The zero-order valence-electron chi connectivity index (χ0n) is 17.3. The van der Waals surface area contributed by atoms with Crippen LogP contribution in [0.3, 0.4) is 0 Å². The van der Waals surface area contributed by atoms with E-state index in [1.165, 1.54) is 0 Å². The van der Waals surface area contributed by atoms with Gasteiger partial charge in [0.1, 0.15) is 11.5 Å². The molecule has 1 atom stereocenters. The van der Waals surface area contributed by atoms with E-state index < -0.39 is 12.1 Å². The van der Waals surface area contributed by atoms with Crippen molar-refractivity contribution in [2.45, 2.75) is 32.4 Å². The molecule has 0 aliphatic rings. The zero-order chi connectivity index (χ0) is 21.7. The van der Waals surface area contributed by atoms with Crippen molar-refractivity contribution in [2.75, 3.05) is 14.2 Å². The van der Waals surface area contributed by atoms with Crippen molar-refractivity contribution in [1.29, 1.82) is 0 Å². The minimum Gasteiger partial charge on any atom is -0.496 e. The third-order valence-electron chi connectivity index (χ3n) is 4.91. The Kier molecular flexibility index (Phi) is 6.74. The Labute approximate surface area is 175 Å². The third-order valence-corrected chi connectivity index (χ3v) is 4.91. The summed E-state index contributed by atoms with van der Waals surface area (Å²) >= 11 is 0. The van der Waals surface area contributed by atoms with Crippen LogP contribution >= 0.6 is 0 Å². The highest BCUT2D eigenvalue weighted by Crippen LogP contribution is 2.36. The molecule has 0 saturated heterocycles. The number of aliphatic hydroxyl groups is 1. The summed E-state index contributed by atoms with van der Waals surface area (Å²) in [5.74, 6) is 0.386. The normalized spacial score (nSPS) is 11.9. The van der Waals surface area contributed by atoms with Gasteiger partial charge in [-0.05, 0) is 42.3 Å². The number of carboxylic acids is 1. The van der Waals surface area contributed by atoms with Crippen LogP contribution in [0.2, 0.25) is 0 Å². The van der Waals surface area contributed by atoms with E-state index in [1.807, 2.05) is 37.3 Å². The number of methoxy groups -OCH3 is 2. The van der Waals surface area contributed by atoms with Crippen molar-refractivity contribution in [3.63, 3.8) is 0 Å². The van der Waals surface area contributed by atoms with E-state index in [2.05, 4.69) is 0 Å². The number of hydrogen-bond acceptors (Lipinski definition) is 5. The molecular weight excluding hydrogens is 384 g/mol. The topological polar surface area (TPSA) is 93.8 Å². The Morgan fingerprint density at radius 2 is 1.77 bits per heavy atom. The van der Waals surface area contributed by atoms with E-state index in [0.717, 1.165) is 11.3 Å².